The first-order valence-corrected chi connectivity index (χ1v) is 24.7. The van der Waals surface area contributed by atoms with Gasteiger partial charge in [0.2, 0.25) is 0 Å². The summed E-state index contributed by atoms with van der Waals surface area (Å²) in [5.74, 6) is 0. The van der Waals surface area contributed by atoms with Gasteiger partial charge < -0.3 is 23.1 Å². The highest BCUT2D eigenvalue weighted by Gasteiger charge is 2.29. The van der Waals surface area contributed by atoms with Crippen molar-refractivity contribution in [3.05, 3.63) is 204 Å². The lowest BCUT2D eigenvalue weighted by Gasteiger charge is -2.27. The predicted octanol–water partition coefficient (Wildman–Crippen LogP) is 19.0. The molecule has 73 heavy (non-hydrogen) atoms. The van der Waals surface area contributed by atoms with E-state index in [0.29, 0.717) is 11.1 Å². The Morgan fingerprint density at radius 2 is 0.685 bits per heavy atom. The second-order valence-electron chi connectivity index (χ2n) is 21.1. The van der Waals surface area contributed by atoms with Crippen LogP contribution in [-0.4, -0.2) is 0 Å². The predicted molar refractivity (Wildman–Crippen MR) is 299 cm³/mol. The molecule has 0 saturated carbocycles. The van der Waals surface area contributed by atoms with Gasteiger partial charge in [-0.25, -0.2) is 0 Å². The molecule has 0 fully saturated rings. The molecule has 0 unspecified atom stereocenters. The van der Waals surface area contributed by atoms with Crippen molar-refractivity contribution in [3.8, 4) is 12.1 Å². The molecule has 0 saturated heterocycles. The maximum atomic E-state index is 9.93. The molecule has 13 rings (SSSR count). The Morgan fingerprint density at radius 1 is 0.342 bits per heavy atom. The van der Waals surface area contributed by atoms with Gasteiger partial charge in [-0.1, -0.05) is 151 Å². The topological polar surface area (TPSA) is 93.5 Å². The van der Waals surface area contributed by atoms with Crippen molar-refractivity contribution in [1.82, 2.24) is 0 Å². The van der Waals surface area contributed by atoms with Crippen LogP contribution in [0.1, 0.15) is 63.8 Å². The molecule has 0 aliphatic rings. The van der Waals surface area contributed by atoms with Crippen molar-refractivity contribution in [3.63, 3.8) is 0 Å². The van der Waals surface area contributed by atoms with E-state index in [-0.39, 0.29) is 10.8 Å². The number of anilines is 6. The quantitative estimate of drug-likeness (QED) is 0.164. The Morgan fingerprint density at radius 3 is 1.05 bits per heavy atom. The SMILES string of the molecule is CC(C)(C)c1cccc2c1oc1c(N(c3ccc(C#N)cc3)c3cc4oc5cc(N(c6ccc(C#N)cc6)c6cccc7c6oc6c(C(C)(C)C)cccc67)c6ccccc6c5c4c4ccccc34)cccc12. The average molecular weight is 945 g/mol. The maximum absolute atomic E-state index is 9.93. The summed E-state index contributed by atoms with van der Waals surface area (Å²) in [5.41, 5.74) is 13.1. The maximum Gasteiger partial charge on any atom is 0.159 e. The number of hydrogen-bond acceptors (Lipinski definition) is 7. The second-order valence-corrected chi connectivity index (χ2v) is 21.1. The van der Waals surface area contributed by atoms with Gasteiger partial charge in [0.05, 0.1) is 46.0 Å². The van der Waals surface area contributed by atoms with Crippen molar-refractivity contribution in [2.45, 2.75) is 52.4 Å². The van der Waals surface area contributed by atoms with Gasteiger partial charge in [0.15, 0.2) is 11.2 Å². The highest BCUT2D eigenvalue weighted by molar-refractivity contribution is 6.30. The highest BCUT2D eigenvalue weighted by Crippen LogP contribution is 2.52. The van der Waals surface area contributed by atoms with E-state index < -0.39 is 0 Å². The van der Waals surface area contributed by atoms with E-state index in [1.54, 1.807) is 0 Å². The van der Waals surface area contributed by atoms with Crippen LogP contribution in [0.3, 0.4) is 0 Å². The van der Waals surface area contributed by atoms with Crippen LogP contribution in [0.25, 0.3) is 87.4 Å². The van der Waals surface area contributed by atoms with Gasteiger partial charge in [0, 0.05) is 77.7 Å². The number of hydrogen-bond donors (Lipinski definition) is 0. The molecule has 10 aromatic carbocycles. The van der Waals surface area contributed by atoms with Gasteiger partial charge in [-0.3, -0.25) is 0 Å². The molecule has 0 spiro atoms. The normalized spacial score (nSPS) is 12.2. The Hall–Kier alpha value is -9.30. The summed E-state index contributed by atoms with van der Waals surface area (Å²) in [6.45, 7) is 13.3. The van der Waals surface area contributed by atoms with E-state index >= 15 is 0 Å². The van der Waals surface area contributed by atoms with E-state index in [1.807, 2.05) is 48.5 Å². The molecule has 350 valence electrons. The third kappa shape index (κ3) is 6.77. The molecule has 7 heteroatoms. The number of benzene rings is 10. The fourth-order valence-electron chi connectivity index (χ4n) is 11.2. The fraction of sp³-hybridized carbons (Fsp3) is 0.121. The zero-order valence-corrected chi connectivity index (χ0v) is 41.3. The van der Waals surface area contributed by atoms with Crippen LogP contribution in [0.15, 0.2) is 195 Å². The molecular weight excluding hydrogens is 897 g/mol. The van der Waals surface area contributed by atoms with E-state index in [9.17, 15) is 10.5 Å². The third-order valence-electron chi connectivity index (χ3n) is 14.5. The standard InChI is InChI=1S/C66H48N4O3/c1-65(2,3)51-23-11-19-47-49-21-13-25-53(63(49)72-61(47)51)69(41-31-27-39(37-67)28-32-41)55-35-57-59(45-17-9-7-15-43(45)55)60-46-18-10-8-16-44(46)56(36-58(60)71-57)70(42-33-29-40(38-68)30-34-42)54-26-14-22-50-48-20-12-24-52(66(4,5)6)62(48)73-64(50)54/h7-36H,1-6H3. The Balaban J connectivity index is 1.09. The van der Waals surface area contributed by atoms with Crippen LogP contribution in [0.2, 0.25) is 0 Å². The molecule has 0 amide bonds. The molecule has 0 radical (unpaired) electrons. The molecule has 0 atom stereocenters. The van der Waals surface area contributed by atoms with Crippen LogP contribution in [0.5, 0.6) is 0 Å². The zero-order chi connectivity index (χ0) is 49.9. The molecule has 7 nitrogen and oxygen atoms in total. The summed E-state index contributed by atoms with van der Waals surface area (Å²) >= 11 is 0. The summed E-state index contributed by atoms with van der Waals surface area (Å²) in [6, 6.07) is 67.0. The van der Waals surface area contributed by atoms with Crippen molar-refractivity contribution in [2.75, 3.05) is 9.80 Å². The molecule has 0 aliphatic carbocycles. The molecule has 3 aromatic heterocycles. The van der Waals surface area contributed by atoms with Crippen molar-refractivity contribution < 1.29 is 13.3 Å². The van der Waals surface area contributed by atoms with E-state index in [2.05, 4.69) is 197 Å². The Bertz CT molecular complexity index is 4200. The van der Waals surface area contributed by atoms with Crippen molar-refractivity contribution >= 4 is 121 Å². The van der Waals surface area contributed by atoms with Crippen molar-refractivity contribution in [1.29, 1.82) is 10.5 Å². The van der Waals surface area contributed by atoms with E-state index in [4.69, 9.17) is 13.3 Å². The van der Waals surface area contributed by atoms with Crippen LogP contribution in [0.4, 0.5) is 34.1 Å². The lowest BCUT2D eigenvalue weighted by atomic mass is 9.86. The number of nitrogens with zero attached hydrogens (tertiary/aromatic N) is 4. The van der Waals surface area contributed by atoms with Gasteiger partial charge in [-0.15, -0.1) is 0 Å². The first-order chi connectivity index (χ1) is 35.4. The van der Waals surface area contributed by atoms with Gasteiger partial charge in [-0.2, -0.15) is 10.5 Å². The monoisotopic (exact) mass is 944 g/mol. The third-order valence-corrected chi connectivity index (χ3v) is 14.5. The molecule has 0 N–H and O–H groups in total. The lowest BCUT2D eigenvalue weighted by Crippen LogP contribution is -2.11. The fourth-order valence-corrected chi connectivity index (χ4v) is 11.2. The molecule has 0 aliphatic heterocycles. The summed E-state index contributed by atoms with van der Waals surface area (Å²) < 4.78 is 21.4. The minimum Gasteiger partial charge on any atom is -0.456 e. The Kier molecular flexibility index (Phi) is 9.65. The number of para-hydroxylation sites is 4. The van der Waals surface area contributed by atoms with Gasteiger partial charge in [0.1, 0.15) is 22.3 Å². The van der Waals surface area contributed by atoms with Crippen LogP contribution < -0.4 is 9.80 Å². The van der Waals surface area contributed by atoms with Crippen LogP contribution in [0, 0.1) is 22.7 Å². The van der Waals surface area contributed by atoms with Crippen LogP contribution >= 0.6 is 0 Å². The average Bonchev–Trinajstić information content (AvgIpc) is 4.11. The van der Waals surface area contributed by atoms with Crippen molar-refractivity contribution in [2.24, 2.45) is 0 Å². The second kappa shape index (κ2) is 16.1. The largest absolute Gasteiger partial charge is 0.456 e. The van der Waals surface area contributed by atoms with E-state index in [0.717, 1.165) is 133 Å². The minimum absolute atomic E-state index is 0.150. The number of nitriles is 2. The smallest absolute Gasteiger partial charge is 0.159 e. The number of rotatable bonds is 6. The first-order valence-electron chi connectivity index (χ1n) is 24.7. The van der Waals surface area contributed by atoms with E-state index in [1.165, 1.54) is 0 Å². The first kappa shape index (κ1) is 43.7. The highest BCUT2D eigenvalue weighted by atomic mass is 16.3. The van der Waals surface area contributed by atoms with Gasteiger partial charge in [0.25, 0.3) is 0 Å². The molecular formula is C66H48N4O3. The number of furan rings is 3. The van der Waals surface area contributed by atoms with Gasteiger partial charge >= 0.3 is 0 Å². The number of fused-ring (bicyclic) bond motifs is 13. The summed E-state index contributed by atoms with van der Waals surface area (Å²) in [7, 11) is 0. The van der Waals surface area contributed by atoms with Crippen LogP contribution in [-0.2, 0) is 10.8 Å². The zero-order valence-electron chi connectivity index (χ0n) is 41.3. The molecule has 13 aromatic rings. The lowest BCUT2D eigenvalue weighted by molar-refractivity contribution is 0.572. The molecule has 0 bridgehead atoms. The molecule has 3 heterocycles. The minimum atomic E-state index is -0.150. The van der Waals surface area contributed by atoms with Gasteiger partial charge in [-0.05, 0) is 82.3 Å². The summed E-state index contributed by atoms with van der Waals surface area (Å²) in [6.07, 6.45) is 0. The summed E-state index contributed by atoms with van der Waals surface area (Å²) in [4.78, 5) is 4.49. The Labute approximate surface area is 421 Å². The summed E-state index contributed by atoms with van der Waals surface area (Å²) in [5, 5.41) is 30.1.